The van der Waals surface area contributed by atoms with Gasteiger partial charge in [-0.05, 0) is 0 Å². The van der Waals surface area contributed by atoms with Crippen LogP contribution in [0.25, 0.3) is 0 Å². The van der Waals surface area contributed by atoms with E-state index in [1.54, 1.807) is 9.45 Å². The number of hydrogen-bond acceptors (Lipinski definition) is 0. The molecule has 1 saturated carbocycles. The number of allylic oxidation sites excluding steroid dienone is 4. The van der Waals surface area contributed by atoms with Crippen molar-refractivity contribution in [2.75, 3.05) is 0 Å². The van der Waals surface area contributed by atoms with Crippen molar-refractivity contribution in [2.24, 2.45) is 5.92 Å². The van der Waals surface area contributed by atoms with Gasteiger partial charge in [0, 0.05) is 0 Å². The molecule has 14 heavy (non-hydrogen) atoms. The van der Waals surface area contributed by atoms with Gasteiger partial charge in [-0.2, -0.15) is 0 Å². The second-order valence-corrected chi connectivity index (χ2v) is 4.82. The monoisotopic (exact) mass is 235 g/mol. The fourth-order valence-corrected chi connectivity index (χ4v) is 2.95. The first-order chi connectivity index (χ1) is 5.88. The molecule has 0 aromatic rings. The summed E-state index contributed by atoms with van der Waals surface area (Å²) in [5.41, 5.74) is 1.68. The average molecular weight is 235 g/mol. The van der Waals surface area contributed by atoms with Crippen LogP contribution in [0, 0.1) is 5.92 Å². The minimum absolute atomic E-state index is 0. The summed E-state index contributed by atoms with van der Waals surface area (Å²) in [4.78, 5) is 0. The van der Waals surface area contributed by atoms with Crippen LogP contribution >= 0.6 is 0 Å². The fourth-order valence-electron chi connectivity index (χ4n) is 2.32. The predicted molar refractivity (Wildman–Crippen MR) is 52.4 cm³/mol. The van der Waals surface area contributed by atoms with Crippen LogP contribution < -0.4 is 0 Å². The van der Waals surface area contributed by atoms with Gasteiger partial charge >= 0.3 is 86.5 Å². The first kappa shape index (κ1) is 14.1. The molecule has 0 bridgehead atoms. The van der Waals surface area contributed by atoms with Crippen LogP contribution in [0.5, 0.6) is 0 Å². The Morgan fingerprint density at radius 2 is 1.71 bits per heavy atom. The Morgan fingerprint density at radius 1 is 1.07 bits per heavy atom. The van der Waals surface area contributed by atoms with Gasteiger partial charge in [0.05, 0.1) is 0 Å². The van der Waals surface area contributed by atoms with Crippen molar-refractivity contribution in [2.45, 2.75) is 38.5 Å². The zero-order chi connectivity index (χ0) is 8.39. The van der Waals surface area contributed by atoms with E-state index in [-0.39, 0.29) is 9.41 Å². The van der Waals surface area contributed by atoms with Crippen molar-refractivity contribution in [1.29, 1.82) is 0 Å². The van der Waals surface area contributed by atoms with Gasteiger partial charge < -0.3 is 0 Å². The van der Waals surface area contributed by atoms with E-state index in [2.05, 4.69) is 32.6 Å². The van der Waals surface area contributed by atoms with Crippen LogP contribution in [0.4, 0.5) is 9.41 Å². The predicted octanol–water partition coefficient (Wildman–Crippen LogP) is 3.63. The van der Waals surface area contributed by atoms with Crippen molar-refractivity contribution >= 4 is 0 Å². The molecule has 1 fully saturated rings. The standard InChI is InChI=1S/C11H15.2FH.Ti/c1-2-6-10(7-3-1)11-8-4-5-9-11;;;/h4,8,10H,1-3,5-7H2;2*1H;. The third kappa shape index (κ3) is 3.03. The van der Waals surface area contributed by atoms with Gasteiger partial charge in [0.25, 0.3) is 0 Å². The normalized spacial score (nSPS) is 21.6. The van der Waals surface area contributed by atoms with Gasteiger partial charge in [0.2, 0.25) is 0 Å². The van der Waals surface area contributed by atoms with E-state index in [1.807, 2.05) is 0 Å². The Kier molecular flexibility index (Phi) is 6.55. The summed E-state index contributed by atoms with van der Waals surface area (Å²) in [5.74, 6) is 0.914. The van der Waals surface area contributed by atoms with E-state index in [1.165, 1.54) is 38.5 Å². The van der Waals surface area contributed by atoms with Gasteiger partial charge in [0.1, 0.15) is 0 Å². The molecule has 0 aromatic heterocycles. The molecule has 0 unspecified atom stereocenters. The van der Waals surface area contributed by atoms with E-state index in [0.29, 0.717) is 0 Å². The molecule has 0 amide bonds. The molecule has 0 N–H and O–H groups in total. The molecule has 2 aliphatic rings. The van der Waals surface area contributed by atoms with E-state index in [0.717, 1.165) is 5.92 Å². The van der Waals surface area contributed by atoms with Crippen LogP contribution in [0.2, 0.25) is 0 Å². The fraction of sp³-hybridized carbons (Fsp3) is 0.636. The zero-order valence-corrected chi connectivity index (χ0v) is 9.85. The third-order valence-corrected chi connectivity index (χ3v) is 3.78. The number of halogens is 2. The Bertz CT molecular complexity index is 227. The van der Waals surface area contributed by atoms with E-state index in [9.17, 15) is 0 Å². The summed E-state index contributed by atoms with van der Waals surface area (Å²) < 4.78 is 1.63. The zero-order valence-electron chi connectivity index (χ0n) is 8.29. The van der Waals surface area contributed by atoms with Crippen molar-refractivity contribution in [1.82, 2.24) is 0 Å². The van der Waals surface area contributed by atoms with E-state index < -0.39 is 0 Å². The van der Waals surface area contributed by atoms with E-state index >= 15 is 0 Å². The third-order valence-electron chi connectivity index (χ3n) is 3.01. The summed E-state index contributed by atoms with van der Waals surface area (Å²) in [6, 6.07) is 0. The molecular weight excluding hydrogens is 218 g/mol. The van der Waals surface area contributed by atoms with Gasteiger partial charge in [-0.3, -0.25) is 9.41 Å². The minimum atomic E-state index is 0. The van der Waals surface area contributed by atoms with Crippen molar-refractivity contribution in [3.8, 4) is 0 Å². The number of rotatable bonds is 1. The second-order valence-electron chi connectivity index (χ2n) is 3.88. The summed E-state index contributed by atoms with van der Waals surface area (Å²) in [6.45, 7) is 0. The van der Waals surface area contributed by atoms with Crippen LogP contribution in [0.15, 0.2) is 21.6 Å². The van der Waals surface area contributed by atoms with Crippen molar-refractivity contribution in [3.63, 3.8) is 0 Å². The van der Waals surface area contributed by atoms with Gasteiger partial charge in [-0.25, -0.2) is 0 Å². The van der Waals surface area contributed by atoms with Gasteiger partial charge in [0.15, 0.2) is 0 Å². The molecule has 0 aliphatic heterocycles. The molecule has 2 aliphatic carbocycles. The summed E-state index contributed by atoms with van der Waals surface area (Å²) >= 11 is 2.30. The average Bonchev–Trinajstić information content (AvgIpc) is 2.53. The summed E-state index contributed by atoms with van der Waals surface area (Å²) in [5, 5.41) is 0. The second kappa shape index (κ2) is 6.52. The van der Waals surface area contributed by atoms with Crippen molar-refractivity contribution in [3.05, 3.63) is 21.6 Å². The Labute approximate surface area is 96.0 Å². The SMILES string of the molecule is F.F.[Ti][C]1=C(C2CCCCC2)C=CC1. The van der Waals surface area contributed by atoms with Gasteiger partial charge in [-0.15, -0.1) is 0 Å². The maximum atomic E-state index is 2.37. The molecule has 0 spiro atoms. The molecule has 0 saturated heterocycles. The molecular formula is C11H17F2Ti. The van der Waals surface area contributed by atoms with E-state index in [4.69, 9.17) is 0 Å². The van der Waals surface area contributed by atoms with Crippen LogP contribution in [-0.2, 0) is 20.4 Å². The Morgan fingerprint density at radius 3 is 2.21 bits per heavy atom. The molecule has 2 rings (SSSR count). The van der Waals surface area contributed by atoms with Crippen molar-refractivity contribution < 1.29 is 29.8 Å². The van der Waals surface area contributed by atoms with Crippen LogP contribution in [-0.4, -0.2) is 0 Å². The summed E-state index contributed by atoms with van der Waals surface area (Å²) in [6.07, 6.45) is 13.2. The van der Waals surface area contributed by atoms with Crippen LogP contribution in [0.1, 0.15) is 38.5 Å². The molecule has 79 valence electrons. The molecule has 3 heteroatoms. The first-order valence-corrected chi connectivity index (χ1v) is 5.77. The van der Waals surface area contributed by atoms with Crippen LogP contribution in [0.3, 0.4) is 0 Å². The Hall–Kier alpha value is 0.0543. The molecule has 0 aromatic carbocycles. The first-order valence-electron chi connectivity index (χ1n) is 4.99. The molecule has 0 radical (unpaired) electrons. The van der Waals surface area contributed by atoms with Gasteiger partial charge in [-0.1, -0.05) is 0 Å². The molecule has 0 nitrogen and oxygen atoms in total. The Balaban J connectivity index is 0.000000845. The topological polar surface area (TPSA) is 0 Å². The number of hydrogen-bond donors (Lipinski definition) is 0. The quantitative estimate of drug-likeness (QED) is 0.609. The maximum absolute atomic E-state index is 2.37. The molecule has 0 heterocycles. The summed E-state index contributed by atoms with van der Waals surface area (Å²) in [7, 11) is 0. The molecule has 0 atom stereocenters.